The molecule has 10 nitrogen and oxygen atoms in total. The highest BCUT2D eigenvalue weighted by Crippen LogP contribution is 2.27. The summed E-state index contributed by atoms with van der Waals surface area (Å²) in [6.45, 7) is 6.39. The lowest BCUT2D eigenvalue weighted by molar-refractivity contribution is 0.0288. The van der Waals surface area contributed by atoms with E-state index < -0.39 is 11.6 Å². The minimum absolute atomic E-state index is 0.193. The number of pyridine rings is 2. The first-order valence-corrected chi connectivity index (χ1v) is 12.4. The molecule has 1 aliphatic heterocycles. The largest absolute Gasteiger partial charge is 0.465 e. The molecular formula is C28H29N5O5. The van der Waals surface area contributed by atoms with Crippen molar-refractivity contribution in [3.05, 3.63) is 77.1 Å². The number of fused-ring (bicyclic) bond motifs is 1. The van der Waals surface area contributed by atoms with Crippen molar-refractivity contribution in [3.63, 3.8) is 0 Å². The lowest BCUT2D eigenvalue weighted by Crippen LogP contribution is -2.36. The van der Waals surface area contributed by atoms with E-state index in [4.69, 9.17) is 9.47 Å². The van der Waals surface area contributed by atoms with E-state index in [1.54, 1.807) is 56.9 Å². The van der Waals surface area contributed by atoms with Crippen LogP contribution >= 0.6 is 0 Å². The molecule has 0 saturated carbocycles. The van der Waals surface area contributed by atoms with Gasteiger partial charge in [0.25, 0.3) is 0 Å². The number of benzene rings is 1. The van der Waals surface area contributed by atoms with E-state index in [9.17, 15) is 14.4 Å². The third kappa shape index (κ3) is 4.77. The highest BCUT2D eigenvalue weighted by Gasteiger charge is 2.33. The molecule has 1 fully saturated rings. The van der Waals surface area contributed by atoms with Gasteiger partial charge < -0.3 is 14.4 Å². The van der Waals surface area contributed by atoms with Crippen LogP contribution < -0.4 is 5.69 Å². The molecule has 0 spiro atoms. The SMILES string of the molecule is COC(=O)c1ccc(-c2ccc(-n3c(=O)n([C@H]4CCN(C(=O)OC(C)(C)C)C4)c4ccncc43)cn2)cc1. The summed E-state index contributed by atoms with van der Waals surface area (Å²) in [5.74, 6) is -0.402. The van der Waals surface area contributed by atoms with Gasteiger partial charge >= 0.3 is 17.8 Å². The lowest BCUT2D eigenvalue weighted by atomic mass is 10.1. The Balaban J connectivity index is 1.45. The quantitative estimate of drug-likeness (QED) is 0.375. The Morgan fingerprint density at radius 1 is 1.00 bits per heavy atom. The zero-order valence-electron chi connectivity index (χ0n) is 21.7. The van der Waals surface area contributed by atoms with E-state index in [0.29, 0.717) is 42.0 Å². The van der Waals surface area contributed by atoms with E-state index in [2.05, 4.69) is 9.97 Å². The number of hydrogen-bond donors (Lipinski definition) is 0. The first kappa shape index (κ1) is 25.2. The van der Waals surface area contributed by atoms with Gasteiger partial charge in [-0.25, -0.2) is 14.4 Å². The van der Waals surface area contributed by atoms with E-state index in [-0.39, 0.29) is 17.8 Å². The van der Waals surface area contributed by atoms with Crippen LogP contribution in [-0.2, 0) is 9.47 Å². The average Bonchev–Trinajstić information content (AvgIpc) is 3.49. The maximum atomic E-state index is 13.8. The van der Waals surface area contributed by atoms with E-state index in [1.165, 1.54) is 7.11 Å². The van der Waals surface area contributed by atoms with Gasteiger partial charge in [0, 0.05) is 24.8 Å². The second-order valence-electron chi connectivity index (χ2n) is 10.2. The molecule has 10 heteroatoms. The molecule has 1 amide bonds. The van der Waals surface area contributed by atoms with E-state index in [1.807, 2.05) is 39.0 Å². The van der Waals surface area contributed by atoms with Gasteiger partial charge in [0.15, 0.2) is 0 Å². The zero-order valence-corrected chi connectivity index (χ0v) is 21.7. The number of rotatable bonds is 4. The molecule has 1 saturated heterocycles. The van der Waals surface area contributed by atoms with E-state index >= 15 is 0 Å². The fourth-order valence-corrected chi connectivity index (χ4v) is 4.70. The molecule has 1 aliphatic rings. The molecule has 38 heavy (non-hydrogen) atoms. The van der Waals surface area contributed by atoms with Crippen molar-refractivity contribution in [2.75, 3.05) is 20.2 Å². The van der Waals surface area contributed by atoms with Crippen molar-refractivity contribution in [1.29, 1.82) is 0 Å². The van der Waals surface area contributed by atoms with Gasteiger partial charge in [0.1, 0.15) is 5.60 Å². The molecule has 4 heterocycles. The van der Waals surface area contributed by atoms with Gasteiger partial charge in [-0.1, -0.05) is 12.1 Å². The highest BCUT2D eigenvalue weighted by atomic mass is 16.6. The standard InChI is InChI=1S/C28H29N5O5/c1-28(2,3)38-27(36)31-14-12-21(17-31)33-23-11-13-29-16-24(23)32(26(33)35)20-9-10-22(30-15-20)18-5-7-19(8-6-18)25(34)37-4/h5-11,13,15-16,21H,12,14,17H2,1-4H3/t21-/m0/s1. The monoisotopic (exact) mass is 515 g/mol. The van der Waals surface area contributed by atoms with Crippen LogP contribution in [0.15, 0.2) is 65.8 Å². The number of likely N-dealkylation sites (tertiary alicyclic amines) is 1. The molecule has 196 valence electrons. The molecule has 0 aliphatic carbocycles. The maximum absolute atomic E-state index is 13.8. The van der Waals surface area contributed by atoms with Crippen LogP contribution in [0, 0.1) is 0 Å². The van der Waals surface area contributed by atoms with Crippen molar-refractivity contribution >= 4 is 23.1 Å². The Morgan fingerprint density at radius 3 is 2.42 bits per heavy atom. The van der Waals surface area contributed by atoms with Crippen LogP contribution in [0.1, 0.15) is 43.6 Å². The van der Waals surface area contributed by atoms with Gasteiger partial charge in [0.2, 0.25) is 0 Å². The Morgan fingerprint density at radius 2 is 1.76 bits per heavy atom. The first-order chi connectivity index (χ1) is 18.2. The molecule has 5 rings (SSSR count). The van der Waals surface area contributed by atoms with Crippen LogP contribution in [0.25, 0.3) is 28.0 Å². The summed E-state index contributed by atoms with van der Waals surface area (Å²) in [5, 5.41) is 0. The van der Waals surface area contributed by atoms with E-state index in [0.717, 1.165) is 11.1 Å². The number of carbonyl (C=O) groups is 2. The number of aromatic nitrogens is 4. The summed E-state index contributed by atoms with van der Waals surface area (Å²) in [7, 11) is 1.34. The van der Waals surface area contributed by atoms with Crippen LogP contribution in [0.2, 0.25) is 0 Å². The second kappa shape index (κ2) is 9.77. The maximum Gasteiger partial charge on any atom is 0.410 e. The molecule has 0 N–H and O–H groups in total. The van der Waals surface area contributed by atoms with Gasteiger partial charge in [-0.3, -0.25) is 19.1 Å². The number of ether oxygens (including phenoxy) is 2. The van der Waals surface area contributed by atoms with Crippen molar-refractivity contribution in [3.8, 4) is 16.9 Å². The smallest absolute Gasteiger partial charge is 0.410 e. The number of imidazole rings is 1. The molecule has 0 radical (unpaired) electrons. The van der Waals surface area contributed by atoms with Gasteiger partial charge in [-0.05, 0) is 57.5 Å². The molecule has 4 aromatic rings. The summed E-state index contributed by atoms with van der Waals surface area (Å²) in [6, 6.07) is 12.2. The minimum Gasteiger partial charge on any atom is -0.465 e. The zero-order chi connectivity index (χ0) is 27.0. The Bertz CT molecular complexity index is 1550. The summed E-state index contributed by atoms with van der Waals surface area (Å²) >= 11 is 0. The lowest BCUT2D eigenvalue weighted by Gasteiger charge is -2.24. The first-order valence-electron chi connectivity index (χ1n) is 12.4. The number of hydrogen-bond acceptors (Lipinski definition) is 7. The molecule has 1 aromatic carbocycles. The van der Waals surface area contributed by atoms with Crippen molar-refractivity contribution in [2.24, 2.45) is 0 Å². The third-order valence-corrected chi connectivity index (χ3v) is 6.46. The average molecular weight is 516 g/mol. The van der Waals surface area contributed by atoms with Crippen LogP contribution in [0.4, 0.5) is 4.79 Å². The van der Waals surface area contributed by atoms with Crippen LogP contribution in [0.3, 0.4) is 0 Å². The Labute approximate surface area is 219 Å². The Kier molecular flexibility index (Phi) is 6.48. The van der Waals surface area contributed by atoms with Crippen molar-refractivity contribution in [2.45, 2.75) is 38.8 Å². The fourth-order valence-electron chi connectivity index (χ4n) is 4.70. The molecular weight excluding hydrogens is 486 g/mol. The van der Waals surface area contributed by atoms with Gasteiger partial charge in [-0.15, -0.1) is 0 Å². The van der Waals surface area contributed by atoms with Crippen LogP contribution in [-0.4, -0.2) is 61.9 Å². The van der Waals surface area contributed by atoms with Crippen molar-refractivity contribution < 1.29 is 19.1 Å². The molecule has 0 unspecified atom stereocenters. The molecule has 0 bridgehead atoms. The number of nitrogens with zero attached hydrogens (tertiary/aromatic N) is 5. The summed E-state index contributed by atoms with van der Waals surface area (Å²) in [4.78, 5) is 48.5. The predicted molar refractivity (Wildman–Crippen MR) is 141 cm³/mol. The highest BCUT2D eigenvalue weighted by molar-refractivity contribution is 5.89. The third-order valence-electron chi connectivity index (χ3n) is 6.46. The van der Waals surface area contributed by atoms with Crippen molar-refractivity contribution in [1.82, 2.24) is 24.0 Å². The summed E-state index contributed by atoms with van der Waals surface area (Å²) in [5.41, 5.74) is 3.17. The topological polar surface area (TPSA) is 109 Å². The predicted octanol–water partition coefficient (Wildman–Crippen LogP) is 4.22. The number of methoxy groups -OCH3 is 1. The number of carbonyl (C=O) groups excluding carboxylic acids is 2. The fraction of sp³-hybridized carbons (Fsp3) is 0.321. The molecule has 3 aromatic heterocycles. The summed E-state index contributed by atoms with van der Waals surface area (Å²) in [6.07, 6.45) is 5.22. The normalized spacial score (nSPS) is 15.6. The minimum atomic E-state index is -0.587. The number of esters is 1. The van der Waals surface area contributed by atoms with Gasteiger partial charge in [0.05, 0.1) is 53.5 Å². The second-order valence-corrected chi connectivity index (χ2v) is 10.2. The van der Waals surface area contributed by atoms with Gasteiger partial charge in [-0.2, -0.15) is 0 Å². The number of amides is 1. The Hall–Kier alpha value is -4.47. The van der Waals surface area contributed by atoms with Crippen LogP contribution in [0.5, 0.6) is 0 Å². The summed E-state index contributed by atoms with van der Waals surface area (Å²) < 4.78 is 13.6. The molecule has 1 atom stereocenters.